The highest BCUT2D eigenvalue weighted by atomic mass is 31.2. The summed E-state index contributed by atoms with van der Waals surface area (Å²) < 4.78 is 34.1. The molecule has 0 radical (unpaired) electrons. The number of phosphoric acid groups is 1. The number of rotatable bonds is 34. The summed E-state index contributed by atoms with van der Waals surface area (Å²) in [7, 11) is 1.46. The molecule has 0 bridgehead atoms. The summed E-state index contributed by atoms with van der Waals surface area (Å²) in [6.07, 6.45) is 28.4. The largest absolute Gasteiger partial charge is 0.472 e. The third-order valence-electron chi connectivity index (χ3n) is 7.87. The lowest BCUT2D eigenvalue weighted by molar-refractivity contribution is -0.870. The Labute approximate surface area is 288 Å². The van der Waals surface area contributed by atoms with E-state index in [1.54, 1.807) is 0 Å². The fourth-order valence-corrected chi connectivity index (χ4v) is 5.66. The molecule has 0 aromatic carbocycles. The Hall–Kier alpha value is -1.51. The lowest BCUT2D eigenvalue weighted by atomic mass is 10.0. The van der Waals surface area contributed by atoms with Crippen molar-refractivity contribution in [1.29, 1.82) is 0 Å². The van der Waals surface area contributed by atoms with Crippen LogP contribution in [0.3, 0.4) is 0 Å². The molecule has 10 heteroatoms. The smallest absolute Gasteiger partial charge is 0.462 e. The molecule has 47 heavy (non-hydrogen) atoms. The monoisotopic (exact) mass is 688 g/mol. The normalized spacial score (nSPS) is 13.8. The Morgan fingerprint density at radius 2 is 1.23 bits per heavy atom. The molecule has 0 amide bonds. The van der Waals surface area contributed by atoms with Gasteiger partial charge in [0.05, 0.1) is 27.7 Å². The molecule has 2 atom stereocenters. The van der Waals surface area contributed by atoms with Gasteiger partial charge < -0.3 is 18.9 Å². The van der Waals surface area contributed by atoms with E-state index in [-0.39, 0.29) is 32.0 Å². The standard InChI is InChI=1S/C37H70NO8P/c1-6-8-10-12-14-16-18-19-20-22-23-25-27-29-36(39)43-33-35(34-45-47(41,42)44-32-31-38(3,4)5)46-37(40)30-28-26-24-21-17-15-13-11-9-7-2/h7,11,13,35H,2,6,8-10,12,14-34H2,1,3-5H3/p+1/b13-11-/t35-/m1/s1. The van der Waals surface area contributed by atoms with Crippen LogP contribution in [0.25, 0.3) is 0 Å². The Morgan fingerprint density at radius 3 is 1.77 bits per heavy atom. The highest BCUT2D eigenvalue weighted by molar-refractivity contribution is 7.47. The van der Waals surface area contributed by atoms with Gasteiger partial charge in [0.2, 0.25) is 0 Å². The molecule has 0 rings (SSSR count). The van der Waals surface area contributed by atoms with Gasteiger partial charge in [0, 0.05) is 12.8 Å². The van der Waals surface area contributed by atoms with Gasteiger partial charge in [-0.15, -0.1) is 6.58 Å². The fourth-order valence-electron chi connectivity index (χ4n) is 4.92. The van der Waals surface area contributed by atoms with E-state index in [4.69, 9.17) is 18.5 Å². The van der Waals surface area contributed by atoms with Gasteiger partial charge in [0.1, 0.15) is 19.8 Å². The van der Waals surface area contributed by atoms with Gasteiger partial charge in [-0.05, 0) is 32.1 Å². The molecule has 0 saturated heterocycles. The maximum atomic E-state index is 12.5. The molecular formula is C37H71NO8P+. The van der Waals surface area contributed by atoms with Crippen molar-refractivity contribution in [3.05, 3.63) is 24.8 Å². The summed E-state index contributed by atoms with van der Waals surface area (Å²) in [6.45, 7) is 5.85. The van der Waals surface area contributed by atoms with E-state index in [0.29, 0.717) is 17.4 Å². The number of allylic oxidation sites excluding steroid dienone is 3. The van der Waals surface area contributed by atoms with E-state index in [1.165, 1.54) is 64.2 Å². The number of phosphoric ester groups is 1. The number of hydrogen-bond donors (Lipinski definition) is 1. The SMILES string of the molecule is C=CC/C=C\CCCCCCCC(=O)O[C@H](COC(=O)CCCCCCCCCCCCCCC)COP(=O)(O)OCC[N+](C)(C)C. The maximum absolute atomic E-state index is 12.5. The summed E-state index contributed by atoms with van der Waals surface area (Å²) >= 11 is 0. The molecule has 0 aromatic rings. The number of carbonyl (C=O) groups is 2. The molecule has 9 nitrogen and oxygen atoms in total. The second kappa shape index (κ2) is 30.5. The molecule has 1 N–H and O–H groups in total. The van der Waals surface area contributed by atoms with Crippen molar-refractivity contribution in [2.45, 2.75) is 154 Å². The number of quaternary nitrogens is 1. The zero-order valence-electron chi connectivity index (χ0n) is 30.6. The molecule has 276 valence electrons. The predicted molar refractivity (Wildman–Crippen MR) is 192 cm³/mol. The van der Waals surface area contributed by atoms with Crippen molar-refractivity contribution >= 4 is 19.8 Å². The van der Waals surface area contributed by atoms with Crippen LogP contribution < -0.4 is 0 Å². The minimum atomic E-state index is -4.36. The number of carbonyl (C=O) groups excluding carboxylic acids is 2. The number of ether oxygens (including phenoxy) is 2. The van der Waals surface area contributed by atoms with Crippen molar-refractivity contribution in [3.63, 3.8) is 0 Å². The zero-order chi connectivity index (χ0) is 35.1. The number of esters is 2. The van der Waals surface area contributed by atoms with Crippen LogP contribution in [0.5, 0.6) is 0 Å². The van der Waals surface area contributed by atoms with Crippen LogP contribution in [0.4, 0.5) is 0 Å². The van der Waals surface area contributed by atoms with E-state index >= 15 is 0 Å². The van der Waals surface area contributed by atoms with Gasteiger partial charge >= 0.3 is 19.8 Å². The van der Waals surface area contributed by atoms with Gasteiger partial charge in [-0.1, -0.05) is 121 Å². The predicted octanol–water partition coefficient (Wildman–Crippen LogP) is 9.63. The number of unbranched alkanes of at least 4 members (excludes halogenated alkanes) is 17. The van der Waals surface area contributed by atoms with Crippen molar-refractivity contribution < 1.29 is 42.1 Å². The lowest BCUT2D eigenvalue weighted by Crippen LogP contribution is -2.37. The Morgan fingerprint density at radius 1 is 0.723 bits per heavy atom. The third kappa shape index (κ3) is 34.2. The molecule has 0 aliphatic carbocycles. The van der Waals surface area contributed by atoms with E-state index in [9.17, 15) is 19.0 Å². The summed E-state index contributed by atoms with van der Waals surface area (Å²) in [5.41, 5.74) is 0. The van der Waals surface area contributed by atoms with Gasteiger partial charge in [0.25, 0.3) is 0 Å². The van der Waals surface area contributed by atoms with E-state index in [2.05, 4.69) is 25.7 Å². The molecule has 0 saturated carbocycles. The summed E-state index contributed by atoms with van der Waals surface area (Å²) in [5, 5.41) is 0. The minimum absolute atomic E-state index is 0.0287. The first-order valence-electron chi connectivity index (χ1n) is 18.5. The first kappa shape index (κ1) is 45.5. The van der Waals surface area contributed by atoms with Gasteiger partial charge in [0.15, 0.2) is 6.10 Å². The van der Waals surface area contributed by atoms with Crippen LogP contribution in [0.1, 0.15) is 148 Å². The molecule has 0 aliphatic rings. The van der Waals surface area contributed by atoms with Crippen LogP contribution in [-0.2, 0) is 32.7 Å². The highest BCUT2D eigenvalue weighted by Gasteiger charge is 2.27. The number of hydrogen-bond acceptors (Lipinski definition) is 7. The number of likely N-dealkylation sites (N-methyl/N-ethyl adjacent to an activating group) is 1. The molecule has 0 spiro atoms. The fraction of sp³-hybridized carbons (Fsp3) is 0.838. The molecule has 0 aromatic heterocycles. The van der Waals surface area contributed by atoms with Crippen molar-refractivity contribution in [2.75, 3.05) is 47.5 Å². The number of nitrogens with zero attached hydrogens (tertiary/aromatic N) is 1. The average molecular weight is 689 g/mol. The van der Waals surface area contributed by atoms with Crippen LogP contribution >= 0.6 is 7.82 Å². The summed E-state index contributed by atoms with van der Waals surface area (Å²) in [4.78, 5) is 35.1. The minimum Gasteiger partial charge on any atom is -0.462 e. The molecule has 0 heterocycles. The van der Waals surface area contributed by atoms with Gasteiger partial charge in [-0.3, -0.25) is 18.6 Å². The van der Waals surface area contributed by atoms with Crippen molar-refractivity contribution in [2.24, 2.45) is 0 Å². The second-order valence-corrected chi connectivity index (χ2v) is 15.2. The average Bonchev–Trinajstić information content (AvgIpc) is 3.01. The molecule has 0 fully saturated rings. The highest BCUT2D eigenvalue weighted by Crippen LogP contribution is 2.43. The van der Waals surface area contributed by atoms with Crippen LogP contribution in [-0.4, -0.2) is 74.9 Å². The summed E-state index contributed by atoms with van der Waals surface area (Å²) in [6, 6.07) is 0. The van der Waals surface area contributed by atoms with E-state index in [1.807, 2.05) is 27.2 Å². The van der Waals surface area contributed by atoms with Crippen molar-refractivity contribution in [3.8, 4) is 0 Å². The van der Waals surface area contributed by atoms with E-state index in [0.717, 1.165) is 57.8 Å². The van der Waals surface area contributed by atoms with Crippen LogP contribution in [0.2, 0.25) is 0 Å². The van der Waals surface area contributed by atoms with E-state index < -0.39 is 26.5 Å². The van der Waals surface area contributed by atoms with Crippen molar-refractivity contribution in [1.82, 2.24) is 0 Å². The summed E-state index contributed by atoms with van der Waals surface area (Å²) in [5.74, 6) is -0.822. The lowest BCUT2D eigenvalue weighted by Gasteiger charge is -2.24. The third-order valence-corrected chi connectivity index (χ3v) is 8.86. The molecule has 0 aliphatic heterocycles. The maximum Gasteiger partial charge on any atom is 0.472 e. The first-order valence-corrected chi connectivity index (χ1v) is 20.0. The van der Waals surface area contributed by atoms with Crippen LogP contribution in [0, 0.1) is 0 Å². The van der Waals surface area contributed by atoms with Crippen LogP contribution in [0.15, 0.2) is 24.8 Å². The topological polar surface area (TPSA) is 108 Å². The Bertz CT molecular complexity index is 858. The quantitative estimate of drug-likeness (QED) is 0.0234. The second-order valence-electron chi connectivity index (χ2n) is 13.7. The molecular weight excluding hydrogens is 617 g/mol. The zero-order valence-corrected chi connectivity index (χ0v) is 31.5. The van der Waals surface area contributed by atoms with Gasteiger partial charge in [-0.2, -0.15) is 0 Å². The molecule has 1 unspecified atom stereocenters. The Balaban J connectivity index is 4.43. The first-order chi connectivity index (χ1) is 22.5. The Kier molecular flexibility index (Phi) is 29.6. The van der Waals surface area contributed by atoms with Gasteiger partial charge in [-0.25, -0.2) is 4.57 Å².